The van der Waals surface area contributed by atoms with Crippen LogP contribution >= 0.6 is 0 Å². The van der Waals surface area contributed by atoms with Crippen LogP contribution in [-0.2, 0) is 6.42 Å². The van der Waals surface area contributed by atoms with Crippen molar-refractivity contribution in [2.45, 2.75) is 31.3 Å². The highest BCUT2D eigenvalue weighted by atomic mass is 16.6. The average molecular weight is 220 g/mol. The van der Waals surface area contributed by atoms with Crippen molar-refractivity contribution in [2.75, 3.05) is 13.2 Å². The average Bonchev–Trinajstić information content (AvgIpc) is 3.05. The van der Waals surface area contributed by atoms with Crippen molar-refractivity contribution in [3.63, 3.8) is 0 Å². The Balaban J connectivity index is 1.70. The van der Waals surface area contributed by atoms with Gasteiger partial charge in [-0.15, -0.1) is 0 Å². The first-order valence-corrected chi connectivity index (χ1v) is 5.86. The van der Waals surface area contributed by atoms with Crippen LogP contribution in [0.4, 0.5) is 0 Å². The Labute approximate surface area is 95.0 Å². The van der Waals surface area contributed by atoms with E-state index in [4.69, 9.17) is 9.47 Å². The molecule has 1 aromatic rings. The molecule has 0 aromatic heterocycles. The maximum atomic E-state index is 9.77. The normalized spacial score (nSPS) is 20.6. The smallest absolute Gasteiger partial charge is 0.161 e. The molecule has 2 aliphatic rings. The fourth-order valence-corrected chi connectivity index (χ4v) is 2.01. The third-order valence-electron chi connectivity index (χ3n) is 3.31. The number of benzene rings is 1. The van der Waals surface area contributed by atoms with Crippen molar-refractivity contribution >= 4 is 0 Å². The van der Waals surface area contributed by atoms with Crippen LogP contribution in [-0.4, -0.2) is 23.9 Å². The van der Waals surface area contributed by atoms with Crippen LogP contribution in [0.2, 0.25) is 0 Å². The van der Waals surface area contributed by atoms with Gasteiger partial charge in [0.25, 0.3) is 0 Å². The molecule has 1 aromatic carbocycles. The van der Waals surface area contributed by atoms with Crippen molar-refractivity contribution in [3.8, 4) is 11.5 Å². The Hall–Kier alpha value is -1.22. The lowest BCUT2D eigenvalue weighted by Gasteiger charge is -2.19. The molecule has 0 amide bonds. The molecular weight excluding hydrogens is 204 g/mol. The summed E-state index contributed by atoms with van der Waals surface area (Å²) < 4.78 is 11.0. The molecule has 1 fully saturated rings. The lowest BCUT2D eigenvalue weighted by Crippen LogP contribution is -2.15. The zero-order chi connectivity index (χ0) is 11.0. The number of hydrogen-bond acceptors (Lipinski definition) is 3. The summed E-state index contributed by atoms with van der Waals surface area (Å²) in [5.74, 6) is 1.67. The summed E-state index contributed by atoms with van der Waals surface area (Å²) in [6.07, 6.45) is 3.68. The van der Waals surface area contributed by atoms with Gasteiger partial charge < -0.3 is 14.6 Å². The summed E-state index contributed by atoms with van der Waals surface area (Å²) in [4.78, 5) is 0. The van der Waals surface area contributed by atoms with Crippen LogP contribution in [0.5, 0.6) is 11.5 Å². The lowest BCUT2D eigenvalue weighted by molar-refractivity contribution is 0.140. The molecule has 1 heterocycles. The maximum absolute atomic E-state index is 9.77. The van der Waals surface area contributed by atoms with E-state index in [9.17, 15) is 5.11 Å². The molecule has 1 aliphatic heterocycles. The fourth-order valence-electron chi connectivity index (χ4n) is 2.01. The molecule has 1 N–H and O–H groups in total. The van der Waals surface area contributed by atoms with Gasteiger partial charge in [-0.1, -0.05) is 6.07 Å². The van der Waals surface area contributed by atoms with E-state index in [1.807, 2.05) is 12.1 Å². The largest absolute Gasteiger partial charge is 0.486 e. The molecule has 3 rings (SSSR count). The molecule has 0 radical (unpaired) electrons. The molecular formula is C13H16O3. The number of aryl methyl sites for hydroxylation is 1. The summed E-state index contributed by atoms with van der Waals surface area (Å²) in [7, 11) is 0. The molecule has 0 saturated heterocycles. The fraction of sp³-hybridized carbons (Fsp3) is 0.538. The number of fused-ring (bicyclic) bond motifs is 1. The van der Waals surface area contributed by atoms with E-state index in [1.54, 1.807) is 0 Å². The molecule has 1 saturated carbocycles. The highest BCUT2D eigenvalue weighted by Gasteiger charge is 2.39. The van der Waals surface area contributed by atoms with Crippen molar-refractivity contribution in [1.82, 2.24) is 0 Å². The molecule has 16 heavy (non-hydrogen) atoms. The zero-order valence-corrected chi connectivity index (χ0v) is 9.24. The Morgan fingerprint density at radius 2 is 1.88 bits per heavy atom. The van der Waals surface area contributed by atoms with Gasteiger partial charge in [-0.05, 0) is 43.4 Å². The summed E-state index contributed by atoms with van der Waals surface area (Å²) >= 11 is 0. The van der Waals surface area contributed by atoms with Crippen LogP contribution in [0, 0.1) is 0 Å². The molecule has 3 heteroatoms. The third kappa shape index (κ3) is 2.00. The van der Waals surface area contributed by atoms with E-state index in [0.29, 0.717) is 13.2 Å². The van der Waals surface area contributed by atoms with E-state index in [-0.39, 0.29) is 5.60 Å². The summed E-state index contributed by atoms with van der Waals surface area (Å²) in [6, 6.07) is 6.04. The van der Waals surface area contributed by atoms with E-state index in [2.05, 4.69) is 6.07 Å². The standard InChI is InChI=1S/C13H16O3/c14-13(5-6-13)4-3-10-1-2-11-12(9-10)16-8-7-15-11/h1-2,9,14H,3-8H2. The minimum atomic E-state index is -0.368. The van der Waals surface area contributed by atoms with Gasteiger partial charge in [0.2, 0.25) is 0 Å². The van der Waals surface area contributed by atoms with Gasteiger partial charge in [0.05, 0.1) is 5.60 Å². The summed E-state index contributed by atoms with van der Waals surface area (Å²) in [6.45, 7) is 1.26. The van der Waals surface area contributed by atoms with Crippen LogP contribution in [0.15, 0.2) is 18.2 Å². The quantitative estimate of drug-likeness (QED) is 0.845. The van der Waals surface area contributed by atoms with Crippen LogP contribution in [0.1, 0.15) is 24.8 Å². The second-order valence-electron chi connectivity index (χ2n) is 4.70. The van der Waals surface area contributed by atoms with Gasteiger partial charge in [0.15, 0.2) is 11.5 Å². The zero-order valence-electron chi connectivity index (χ0n) is 9.24. The van der Waals surface area contributed by atoms with Gasteiger partial charge in [-0.25, -0.2) is 0 Å². The lowest BCUT2D eigenvalue weighted by atomic mass is 10.1. The number of hydrogen-bond donors (Lipinski definition) is 1. The van der Waals surface area contributed by atoms with E-state index < -0.39 is 0 Å². The SMILES string of the molecule is OC1(CCc2ccc3c(c2)OCCO3)CC1. The highest BCUT2D eigenvalue weighted by Crippen LogP contribution is 2.40. The number of ether oxygens (including phenoxy) is 2. The minimum Gasteiger partial charge on any atom is -0.486 e. The van der Waals surface area contributed by atoms with E-state index in [0.717, 1.165) is 37.2 Å². The highest BCUT2D eigenvalue weighted by molar-refractivity contribution is 5.43. The van der Waals surface area contributed by atoms with Gasteiger partial charge in [0, 0.05) is 0 Å². The van der Waals surface area contributed by atoms with Gasteiger partial charge in [-0.2, -0.15) is 0 Å². The molecule has 0 spiro atoms. The Bertz CT molecular complexity index is 396. The Morgan fingerprint density at radius 3 is 2.62 bits per heavy atom. The van der Waals surface area contributed by atoms with Crippen molar-refractivity contribution < 1.29 is 14.6 Å². The molecule has 0 bridgehead atoms. The monoisotopic (exact) mass is 220 g/mol. The Kier molecular flexibility index (Phi) is 2.28. The van der Waals surface area contributed by atoms with Crippen LogP contribution < -0.4 is 9.47 Å². The van der Waals surface area contributed by atoms with E-state index in [1.165, 1.54) is 5.56 Å². The predicted molar refractivity (Wildman–Crippen MR) is 59.9 cm³/mol. The van der Waals surface area contributed by atoms with Crippen molar-refractivity contribution in [2.24, 2.45) is 0 Å². The van der Waals surface area contributed by atoms with Crippen LogP contribution in [0.3, 0.4) is 0 Å². The summed E-state index contributed by atoms with van der Waals surface area (Å²) in [5, 5.41) is 9.77. The van der Waals surface area contributed by atoms with Gasteiger partial charge in [-0.3, -0.25) is 0 Å². The van der Waals surface area contributed by atoms with Gasteiger partial charge >= 0.3 is 0 Å². The van der Waals surface area contributed by atoms with Crippen LogP contribution in [0.25, 0.3) is 0 Å². The molecule has 1 aliphatic carbocycles. The predicted octanol–water partition coefficient (Wildman–Crippen LogP) is 1.92. The number of aliphatic hydroxyl groups is 1. The molecule has 3 nitrogen and oxygen atoms in total. The van der Waals surface area contributed by atoms with Crippen molar-refractivity contribution in [1.29, 1.82) is 0 Å². The maximum Gasteiger partial charge on any atom is 0.161 e. The molecule has 0 atom stereocenters. The summed E-state index contributed by atoms with van der Waals surface area (Å²) in [5.41, 5.74) is 0.845. The first-order chi connectivity index (χ1) is 7.75. The second kappa shape index (κ2) is 3.67. The van der Waals surface area contributed by atoms with Gasteiger partial charge in [0.1, 0.15) is 13.2 Å². The van der Waals surface area contributed by atoms with Crippen molar-refractivity contribution in [3.05, 3.63) is 23.8 Å². The molecule has 86 valence electrons. The molecule has 0 unspecified atom stereocenters. The van der Waals surface area contributed by atoms with E-state index >= 15 is 0 Å². The second-order valence-corrected chi connectivity index (χ2v) is 4.70. The number of rotatable bonds is 3. The Morgan fingerprint density at radius 1 is 1.12 bits per heavy atom. The topological polar surface area (TPSA) is 38.7 Å². The first-order valence-electron chi connectivity index (χ1n) is 5.86. The minimum absolute atomic E-state index is 0.368. The first kappa shape index (κ1) is 9.97. The third-order valence-corrected chi connectivity index (χ3v) is 3.31.